The maximum Gasteiger partial charge on any atom is 0.222 e. The molecule has 0 aromatic rings. The van der Waals surface area contributed by atoms with Gasteiger partial charge in [0.2, 0.25) is 5.91 Å². The third-order valence-electron chi connectivity index (χ3n) is 2.63. The molecule has 0 spiro atoms. The number of carbonyl (C=O) groups excluding carboxylic acids is 1. The summed E-state index contributed by atoms with van der Waals surface area (Å²) in [7, 11) is 1.89. The van der Waals surface area contributed by atoms with Crippen LogP contribution in [-0.4, -0.2) is 78.9 Å². The zero-order chi connectivity index (χ0) is 16.3. The molecule has 0 rings (SSSR count). The van der Waals surface area contributed by atoms with E-state index in [0.717, 1.165) is 19.6 Å². The molecule has 0 unspecified atom stereocenters. The van der Waals surface area contributed by atoms with E-state index in [4.69, 9.17) is 18.9 Å². The summed E-state index contributed by atoms with van der Waals surface area (Å²) in [5.41, 5.74) is 0. The van der Waals surface area contributed by atoms with Gasteiger partial charge in [-0.25, -0.2) is 0 Å². The van der Waals surface area contributed by atoms with Gasteiger partial charge in [0, 0.05) is 26.1 Å². The molecule has 0 bridgehead atoms. The van der Waals surface area contributed by atoms with Crippen LogP contribution >= 0.6 is 0 Å². The SMILES string of the molecule is CCCOCCNC(=O)CCOCCOCCOCCNC. The Labute approximate surface area is 134 Å². The minimum Gasteiger partial charge on any atom is -0.380 e. The van der Waals surface area contributed by atoms with Gasteiger partial charge in [0.15, 0.2) is 0 Å². The van der Waals surface area contributed by atoms with E-state index in [1.807, 2.05) is 7.05 Å². The van der Waals surface area contributed by atoms with Gasteiger partial charge in [-0.15, -0.1) is 0 Å². The van der Waals surface area contributed by atoms with Crippen LogP contribution in [-0.2, 0) is 23.7 Å². The fourth-order valence-electron chi connectivity index (χ4n) is 1.48. The molecule has 0 radical (unpaired) electrons. The first-order chi connectivity index (χ1) is 10.8. The van der Waals surface area contributed by atoms with E-state index in [2.05, 4.69) is 17.6 Å². The number of ether oxygens (including phenoxy) is 4. The fourth-order valence-corrected chi connectivity index (χ4v) is 1.48. The third kappa shape index (κ3) is 17.3. The molecular formula is C15H32N2O5. The smallest absolute Gasteiger partial charge is 0.222 e. The van der Waals surface area contributed by atoms with Crippen LogP contribution in [0.4, 0.5) is 0 Å². The molecule has 0 fully saturated rings. The Balaban J connectivity index is 3.10. The van der Waals surface area contributed by atoms with Gasteiger partial charge in [0.25, 0.3) is 0 Å². The molecule has 22 heavy (non-hydrogen) atoms. The molecule has 0 saturated carbocycles. The minimum atomic E-state index is -0.0149. The number of hydrogen-bond donors (Lipinski definition) is 2. The van der Waals surface area contributed by atoms with Crippen molar-refractivity contribution in [3.05, 3.63) is 0 Å². The summed E-state index contributed by atoms with van der Waals surface area (Å²) in [5, 5.41) is 5.78. The van der Waals surface area contributed by atoms with Crippen LogP contribution in [0.3, 0.4) is 0 Å². The summed E-state index contributed by atoms with van der Waals surface area (Å²) in [4.78, 5) is 11.4. The highest BCUT2D eigenvalue weighted by Crippen LogP contribution is 1.86. The highest BCUT2D eigenvalue weighted by molar-refractivity contribution is 5.75. The lowest BCUT2D eigenvalue weighted by Gasteiger charge is -2.07. The van der Waals surface area contributed by atoms with E-state index in [-0.39, 0.29) is 5.91 Å². The molecule has 0 atom stereocenters. The van der Waals surface area contributed by atoms with Crippen molar-refractivity contribution in [2.24, 2.45) is 0 Å². The summed E-state index contributed by atoms with van der Waals surface area (Å²) in [6.45, 7) is 7.99. The molecule has 7 heteroatoms. The summed E-state index contributed by atoms with van der Waals surface area (Å²) in [6, 6.07) is 0. The zero-order valence-corrected chi connectivity index (χ0v) is 14.0. The van der Waals surface area contributed by atoms with Crippen molar-refractivity contribution >= 4 is 5.91 Å². The molecule has 0 aromatic heterocycles. The van der Waals surface area contributed by atoms with E-state index >= 15 is 0 Å². The molecule has 0 aliphatic carbocycles. The van der Waals surface area contributed by atoms with Gasteiger partial charge in [-0.3, -0.25) is 4.79 Å². The quantitative estimate of drug-likeness (QED) is 0.373. The van der Waals surface area contributed by atoms with Gasteiger partial charge >= 0.3 is 0 Å². The highest BCUT2D eigenvalue weighted by atomic mass is 16.5. The fraction of sp³-hybridized carbons (Fsp3) is 0.933. The second kappa shape index (κ2) is 18.3. The normalized spacial score (nSPS) is 10.8. The van der Waals surface area contributed by atoms with Crippen LogP contribution in [0.25, 0.3) is 0 Å². The summed E-state index contributed by atoms with van der Waals surface area (Å²) >= 11 is 0. The molecule has 0 aromatic carbocycles. The van der Waals surface area contributed by atoms with Gasteiger partial charge < -0.3 is 29.6 Å². The van der Waals surface area contributed by atoms with Gasteiger partial charge in [0.05, 0.1) is 46.2 Å². The van der Waals surface area contributed by atoms with Crippen LogP contribution in [0.5, 0.6) is 0 Å². The van der Waals surface area contributed by atoms with Crippen molar-refractivity contribution < 1.29 is 23.7 Å². The lowest BCUT2D eigenvalue weighted by molar-refractivity contribution is -0.122. The van der Waals surface area contributed by atoms with Crippen LogP contribution < -0.4 is 10.6 Å². The van der Waals surface area contributed by atoms with Crippen molar-refractivity contribution in [2.75, 3.05) is 73.0 Å². The second-order valence-electron chi connectivity index (χ2n) is 4.65. The van der Waals surface area contributed by atoms with Crippen molar-refractivity contribution in [3.63, 3.8) is 0 Å². The topological polar surface area (TPSA) is 78.1 Å². The average molecular weight is 320 g/mol. The Morgan fingerprint density at radius 3 is 1.95 bits per heavy atom. The number of carbonyl (C=O) groups is 1. The van der Waals surface area contributed by atoms with E-state index in [0.29, 0.717) is 59.2 Å². The largest absolute Gasteiger partial charge is 0.380 e. The van der Waals surface area contributed by atoms with Crippen molar-refractivity contribution in [3.8, 4) is 0 Å². The average Bonchev–Trinajstić information content (AvgIpc) is 2.52. The molecule has 0 aliphatic rings. The van der Waals surface area contributed by atoms with E-state index in [1.165, 1.54) is 0 Å². The number of hydrogen-bond acceptors (Lipinski definition) is 6. The van der Waals surface area contributed by atoms with Crippen molar-refractivity contribution in [1.29, 1.82) is 0 Å². The first kappa shape index (κ1) is 21.3. The summed E-state index contributed by atoms with van der Waals surface area (Å²) in [6.07, 6.45) is 1.35. The minimum absolute atomic E-state index is 0.0149. The van der Waals surface area contributed by atoms with Crippen molar-refractivity contribution in [1.82, 2.24) is 10.6 Å². The second-order valence-corrected chi connectivity index (χ2v) is 4.65. The molecule has 0 saturated heterocycles. The summed E-state index contributed by atoms with van der Waals surface area (Å²) < 4.78 is 21.2. The predicted octanol–water partition coefficient (Wildman–Crippen LogP) is 0.189. The van der Waals surface area contributed by atoms with Crippen molar-refractivity contribution in [2.45, 2.75) is 19.8 Å². The Morgan fingerprint density at radius 2 is 1.32 bits per heavy atom. The monoisotopic (exact) mass is 320 g/mol. The third-order valence-corrected chi connectivity index (χ3v) is 2.63. The highest BCUT2D eigenvalue weighted by Gasteiger charge is 2.00. The number of rotatable bonds is 17. The maximum absolute atomic E-state index is 11.4. The molecular weight excluding hydrogens is 288 g/mol. The number of likely N-dealkylation sites (N-methyl/N-ethyl adjacent to an activating group) is 1. The number of amides is 1. The standard InChI is InChI=1S/C15H32N2O5/c1-3-7-19-10-6-17-15(18)4-8-20-11-13-22-14-12-21-9-5-16-2/h16H,3-14H2,1-2H3,(H,17,18). The lowest BCUT2D eigenvalue weighted by Crippen LogP contribution is -2.28. The first-order valence-corrected chi connectivity index (χ1v) is 8.03. The molecule has 0 aliphatic heterocycles. The van der Waals surface area contributed by atoms with Crippen LogP contribution in [0.1, 0.15) is 19.8 Å². The first-order valence-electron chi connectivity index (χ1n) is 8.03. The lowest BCUT2D eigenvalue weighted by atomic mass is 10.4. The predicted molar refractivity (Wildman–Crippen MR) is 85.1 cm³/mol. The number of nitrogens with one attached hydrogen (secondary N) is 2. The van der Waals surface area contributed by atoms with Crippen LogP contribution in [0, 0.1) is 0 Å². The van der Waals surface area contributed by atoms with Crippen LogP contribution in [0.2, 0.25) is 0 Å². The van der Waals surface area contributed by atoms with Gasteiger partial charge in [-0.05, 0) is 13.5 Å². The molecule has 7 nitrogen and oxygen atoms in total. The summed E-state index contributed by atoms with van der Waals surface area (Å²) in [5.74, 6) is -0.0149. The maximum atomic E-state index is 11.4. The Morgan fingerprint density at radius 1 is 0.773 bits per heavy atom. The Kier molecular flexibility index (Phi) is 17.7. The van der Waals surface area contributed by atoms with E-state index in [1.54, 1.807) is 0 Å². The Hall–Kier alpha value is -0.730. The van der Waals surface area contributed by atoms with Gasteiger partial charge in [-0.2, -0.15) is 0 Å². The Bertz CT molecular complexity index is 242. The molecule has 1 amide bonds. The van der Waals surface area contributed by atoms with Gasteiger partial charge in [-0.1, -0.05) is 6.92 Å². The van der Waals surface area contributed by atoms with E-state index < -0.39 is 0 Å². The molecule has 132 valence electrons. The molecule has 0 heterocycles. The van der Waals surface area contributed by atoms with Gasteiger partial charge in [0.1, 0.15) is 0 Å². The molecule has 2 N–H and O–H groups in total. The van der Waals surface area contributed by atoms with E-state index in [9.17, 15) is 4.79 Å². The zero-order valence-electron chi connectivity index (χ0n) is 14.0. The van der Waals surface area contributed by atoms with Crippen LogP contribution in [0.15, 0.2) is 0 Å².